The second-order valence-electron chi connectivity index (χ2n) is 4.14. The van der Waals surface area contributed by atoms with E-state index in [1.807, 2.05) is 0 Å². The van der Waals surface area contributed by atoms with Crippen molar-refractivity contribution >= 4 is 21.9 Å². The summed E-state index contributed by atoms with van der Waals surface area (Å²) in [7, 11) is 0.319. The molecule has 2 N–H and O–H groups in total. The molecule has 0 saturated carbocycles. The first-order valence-electron chi connectivity index (χ1n) is 5.98. The third kappa shape index (κ3) is 4.80. The Morgan fingerprint density at radius 2 is 2.00 bits per heavy atom. The van der Waals surface area contributed by atoms with Gasteiger partial charge in [0.1, 0.15) is 11.5 Å². The monoisotopic (exact) mass is 318 g/mol. The average Bonchev–Trinajstić information content (AvgIpc) is 2.44. The van der Waals surface area contributed by atoms with E-state index in [4.69, 9.17) is 14.6 Å². The van der Waals surface area contributed by atoms with Crippen LogP contribution >= 0.6 is 0 Å². The van der Waals surface area contributed by atoms with E-state index >= 15 is 0 Å². The molecule has 118 valence electrons. The van der Waals surface area contributed by atoms with Gasteiger partial charge in [0.25, 0.3) is 0 Å². The van der Waals surface area contributed by atoms with Crippen LogP contribution in [0.15, 0.2) is 18.2 Å². The molecule has 0 fully saturated rings. The Morgan fingerprint density at radius 3 is 2.52 bits per heavy atom. The summed E-state index contributed by atoms with van der Waals surface area (Å²) in [5.41, 5.74) is 0.237. The van der Waals surface area contributed by atoms with Gasteiger partial charge in [0, 0.05) is 19.7 Å². The zero-order valence-corrected chi connectivity index (χ0v) is 12.8. The highest BCUT2D eigenvalue weighted by Gasteiger charge is 2.20. The molecule has 9 heteroatoms. The number of hydrogen-bond donors (Lipinski definition) is 2. The van der Waals surface area contributed by atoms with Crippen molar-refractivity contribution in [3.8, 4) is 11.5 Å². The van der Waals surface area contributed by atoms with Gasteiger partial charge in [-0.1, -0.05) is 0 Å². The number of nitrogens with zero attached hydrogens (tertiary/aromatic N) is 1. The van der Waals surface area contributed by atoms with Crippen molar-refractivity contribution in [2.45, 2.75) is 6.42 Å². The summed E-state index contributed by atoms with van der Waals surface area (Å²) in [6.45, 7) is -0.136. The minimum absolute atomic E-state index is 0.136. The summed E-state index contributed by atoms with van der Waals surface area (Å²) in [5.74, 6) is -0.252. The molecule has 0 radical (unpaired) electrons. The van der Waals surface area contributed by atoms with Gasteiger partial charge in [-0.15, -0.1) is 0 Å². The molecule has 1 rings (SSSR count). The van der Waals surface area contributed by atoms with Crippen LogP contribution in [0.4, 0.5) is 5.69 Å². The fraction of sp³-hybridized carbons (Fsp3) is 0.417. The predicted molar refractivity (Wildman–Crippen MR) is 77.0 cm³/mol. The van der Waals surface area contributed by atoms with Crippen LogP contribution in [0.5, 0.6) is 11.5 Å². The summed E-state index contributed by atoms with van der Waals surface area (Å²) in [4.78, 5) is 10.5. The molecule has 0 spiro atoms. The Kier molecular flexibility index (Phi) is 5.79. The third-order valence-corrected chi connectivity index (χ3v) is 4.18. The van der Waals surface area contributed by atoms with Gasteiger partial charge in [-0.25, -0.2) is 0 Å². The maximum absolute atomic E-state index is 12.1. The van der Waals surface area contributed by atoms with Crippen molar-refractivity contribution in [2.24, 2.45) is 0 Å². The van der Waals surface area contributed by atoms with Crippen LogP contribution in [0.25, 0.3) is 0 Å². The zero-order chi connectivity index (χ0) is 16.0. The maximum atomic E-state index is 12.1. The minimum Gasteiger partial charge on any atom is -0.497 e. The summed E-state index contributed by atoms with van der Waals surface area (Å²) >= 11 is 0. The van der Waals surface area contributed by atoms with E-state index < -0.39 is 16.2 Å². The fourth-order valence-corrected chi connectivity index (χ4v) is 2.41. The summed E-state index contributed by atoms with van der Waals surface area (Å²) < 4.78 is 37.5. The third-order valence-electron chi connectivity index (χ3n) is 2.70. The molecular formula is C12H18N2O6S. The molecule has 8 nitrogen and oxygen atoms in total. The molecule has 0 aliphatic heterocycles. The van der Waals surface area contributed by atoms with Crippen molar-refractivity contribution in [2.75, 3.05) is 32.5 Å². The number of carboxylic acid groups (broad SMARTS) is 1. The molecule has 0 atom stereocenters. The number of rotatable bonds is 8. The van der Waals surface area contributed by atoms with E-state index in [2.05, 4.69) is 4.72 Å². The van der Waals surface area contributed by atoms with Crippen molar-refractivity contribution in [3.63, 3.8) is 0 Å². The molecular weight excluding hydrogens is 300 g/mol. The molecule has 0 amide bonds. The Balaban J connectivity index is 2.90. The van der Waals surface area contributed by atoms with Crippen LogP contribution < -0.4 is 14.2 Å². The topological polar surface area (TPSA) is 105 Å². The molecule has 0 saturated heterocycles. The van der Waals surface area contributed by atoms with E-state index in [0.29, 0.717) is 11.5 Å². The number of nitrogens with one attached hydrogen (secondary N) is 1. The number of carbonyl (C=O) groups is 1. The predicted octanol–water partition coefficient (Wildman–Crippen LogP) is 0.767. The van der Waals surface area contributed by atoms with Crippen LogP contribution in [0, 0.1) is 0 Å². The summed E-state index contributed by atoms with van der Waals surface area (Å²) in [6.07, 6.45) is -0.281. The van der Waals surface area contributed by atoms with Crippen molar-refractivity contribution in [1.29, 1.82) is 0 Å². The van der Waals surface area contributed by atoms with Gasteiger partial charge in [-0.05, 0) is 12.1 Å². The Labute approximate surface area is 123 Å². The maximum Gasteiger partial charge on any atom is 0.304 e. The molecule has 0 unspecified atom stereocenters. The number of carboxylic acids is 1. The minimum atomic E-state index is -3.86. The van der Waals surface area contributed by atoms with Gasteiger partial charge >= 0.3 is 16.2 Å². The Bertz CT molecular complexity index is 602. The van der Waals surface area contributed by atoms with Crippen molar-refractivity contribution in [3.05, 3.63) is 18.2 Å². The first kappa shape index (κ1) is 17.1. The number of ether oxygens (including phenoxy) is 2. The summed E-state index contributed by atoms with van der Waals surface area (Å²) in [6, 6.07) is 4.62. The normalized spacial score (nSPS) is 11.2. The Hall–Kier alpha value is -2.00. The lowest BCUT2D eigenvalue weighted by Crippen LogP contribution is -2.34. The number of benzene rings is 1. The standard InChI is InChI=1S/C12H18N2O6S/c1-14(7-6-12(15)16)21(17,18)13-10-5-4-9(19-2)8-11(10)20-3/h4-5,8,13H,6-7H2,1-3H3,(H,15,16). The SMILES string of the molecule is COc1ccc(NS(=O)(=O)N(C)CCC(=O)O)c(OC)c1. The molecule has 0 aromatic heterocycles. The lowest BCUT2D eigenvalue weighted by Gasteiger charge is -2.19. The van der Waals surface area contributed by atoms with Crippen molar-refractivity contribution < 1.29 is 27.8 Å². The quantitative estimate of drug-likeness (QED) is 0.733. The van der Waals surface area contributed by atoms with Gasteiger partial charge in [0.05, 0.1) is 26.3 Å². The second kappa shape index (κ2) is 7.14. The van der Waals surface area contributed by atoms with Crippen LogP contribution in [-0.2, 0) is 15.0 Å². The highest BCUT2D eigenvalue weighted by molar-refractivity contribution is 7.90. The smallest absolute Gasteiger partial charge is 0.304 e. The van der Waals surface area contributed by atoms with Gasteiger partial charge in [-0.2, -0.15) is 12.7 Å². The van der Waals surface area contributed by atoms with Gasteiger partial charge in [-0.3, -0.25) is 9.52 Å². The molecule has 1 aromatic carbocycles. The molecule has 0 aliphatic rings. The van der Waals surface area contributed by atoms with Crippen LogP contribution in [0.1, 0.15) is 6.42 Å². The lowest BCUT2D eigenvalue weighted by molar-refractivity contribution is -0.137. The van der Waals surface area contributed by atoms with Gasteiger partial charge < -0.3 is 14.6 Å². The van der Waals surface area contributed by atoms with E-state index in [1.165, 1.54) is 33.4 Å². The highest BCUT2D eigenvalue weighted by Crippen LogP contribution is 2.30. The first-order valence-corrected chi connectivity index (χ1v) is 7.42. The fourth-order valence-electron chi connectivity index (χ4n) is 1.47. The molecule has 1 aromatic rings. The van der Waals surface area contributed by atoms with Gasteiger partial charge in [0.15, 0.2) is 0 Å². The lowest BCUT2D eigenvalue weighted by atomic mass is 10.3. The molecule has 0 heterocycles. The molecule has 0 aliphatic carbocycles. The number of aliphatic carboxylic acids is 1. The van der Waals surface area contributed by atoms with E-state index in [-0.39, 0.29) is 18.7 Å². The number of hydrogen-bond acceptors (Lipinski definition) is 5. The first-order chi connectivity index (χ1) is 9.80. The number of methoxy groups -OCH3 is 2. The van der Waals surface area contributed by atoms with Crippen LogP contribution in [0.2, 0.25) is 0 Å². The Morgan fingerprint density at radius 1 is 1.33 bits per heavy atom. The largest absolute Gasteiger partial charge is 0.497 e. The highest BCUT2D eigenvalue weighted by atomic mass is 32.2. The second-order valence-corrected chi connectivity index (χ2v) is 5.92. The zero-order valence-electron chi connectivity index (χ0n) is 12.0. The molecule has 0 bridgehead atoms. The molecule has 21 heavy (non-hydrogen) atoms. The summed E-state index contributed by atoms with van der Waals surface area (Å²) in [5, 5.41) is 8.58. The van der Waals surface area contributed by atoms with Gasteiger partial charge in [0.2, 0.25) is 0 Å². The van der Waals surface area contributed by atoms with E-state index in [0.717, 1.165) is 4.31 Å². The van der Waals surface area contributed by atoms with Crippen LogP contribution in [0.3, 0.4) is 0 Å². The van der Waals surface area contributed by atoms with Crippen LogP contribution in [-0.4, -0.2) is 51.6 Å². The average molecular weight is 318 g/mol. The van der Waals surface area contributed by atoms with E-state index in [1.54, 1.807) is 6.07 Å². The number of anilines is 1. The van der Waals surface area contributed by atoms with Crippen molar-refractivity contribution in [1.82, 2.24) is 4.31 Å². The van der Waals surface area contributed by atoms with E-state index in [9.17, 15) is 13.2 Å².